The van der Waals surface area contributed by atoms with Crippen LogP contribution in [0.1, 0.15) is 11.4 Å². The lowest BCUT2D eigenvalue weighted by Gasteiger charge is -2.03. The molecule has 2 rings (SSSR count). The largest absolute Gasteiger partial charge is 0.397 e. The smallest absolute Gasteiger partial charge is 0.251 e. The van der Waals surface area contributed by atoms with Crippen molar-refractivity contribution < 1.29 is 0 Å². The van der Waals surface area contributed by atoms with Crippen LogP contribution in [0, 0.1) is 13.8 Å². The van der Waals surface area contributed by atoms with Crippen molar-refractivity contribution in [2.45, 2.75) is 24.0 Å². The Labute approximate surface area is 103 Å². The van der Waals surface area contributed by atoms with Gasteiger partial charge in [-0.2, -0.15) is 0 Å². The summed E-state index contributed by atoms with van der Waals surface area (Å²) in [7, 11) is 0. The van der Waals surface area contributed by atoms with Gasteiger partial charge < -0.3 is 10.7 Å². The summed E-state index contributed by atoms with van der Waals surface area (Å²) in [4.78, 5) is 22.4. The van der Waals surface area contributed by atoms with Crippen LogP contribution in [0.2, 0.25) is 0 Å². The van der Waals surface area contributed by atoms with Crippen LogP contribution in [0.5, 0.6) is 0 Å². The Morgan fingerprint density at radius 2 is 2.06 bits per heavy atom. The number of aromatic nitrogens is 3. The fourth-order valence-corrected chi connectivity index (χ4v) is 2.16. The number of rotatable bonds is 2. The number of pyridine rings is 1. The third-order valence-electron chi connectivity index (χ3n) is 2.15. The number of nitrogens with one attached hydrogen (secondary N) is 1. The lowest BCUT2D eigenvalue weighted by molar-refractivity contribution is 0.901. The number of nitrogen functional groups attached to an aromatic ring is 1. The van der Waals surface area contributed by atoms with Crippen molar-refractivity contribution in [1.29, 1.82) is 0 Å². The van der Waals surface area contributed by atoms with Crippen molar-refractivity contribution in [3.8, 4) is 0 Å². The molecule has 0 radical (unpaired) electrons. The van der Waals surface area contributed by atoms with E-state index < -0.39 is 0 Å². The Morgan fingerprint density at radius 1 is 1.29 bits per heavy atom. The summed E-state index contributed by atoms with van der Waals surface area (Å²) in [5.41, 5.74) is 7.63. The van der Waals surface area contributed by atoms with Gasteiger partial charge in [0.2, 0.25) is 0 Å². The van der Waals surface area contributed by atoms with Crippen LogP contribution in [-0.4, -0.2) is 15.0 Å². The molecule has 0 saturated carbocycles. The second-order valence-electron chi connectivity index (χ2n) is 3.62. The zero-order valence-electron chi connectivity index (χ0n) is 9.52. The van der Waals surface area contributed by atoms with Crippen LogP contribution in [0.25, 0.3) is 0 Å². The molecule has 6 heteroatoms. The Balaban J connectivity index is 2.31. The van der Waals surface area contributed by atoms with E-state index in [0.29, 0.717) is 16.5 Å². The molecule has 0 atom stereocenters. The van der Waals surface area contributed by atoms with Gasteiger partial charge >= 0.3 is 0 Å². The number of H-pyrrole nitrogens is 1. The Hall–Kier alpha value is -1.82. The molecule has 0 aromatic carbocycles. The van der Waals surface area contributed by atoms with E-state index in [4.69, 9.17) is 5.73 Å². The summed E-state index contributed by atoms with van der Waals surface area (Å²) in [6.45, 7) is 3.62. The normalized spacial score (nSPS) is 10.5. The standard InChI is InChI=1S/C11H12N4OS/c1-6-5-9(16)15-11(13-6)17-10-4-3-8(12)7(2)14-10/h3-5H,12H2,1-2H3,(H,13,15,16). The molecule has 88 valence electrons. The van der Waals surface area contributed by atoms with Gasteiger partial charge in [-0.25, -0.2) is 9.97 Å². The summed E-state index contributed by atoms with van der Waals surface area (Å²) in [5.74, 6) is 0. The van der Waals surface area contributed by atoms with E-state index in [1.807, 2.05) is 6.92 Å². The number of hydrogen-bond acceptors (Lipinski definition) is 5. The maximum absolute atomic E-state index is 11.3. The van der Waals surface area contributed by atoms with Crippen molar-refractivity contribution in [3.05, 3.63) is 39.9 Å². The van der Waals surface area contributed by atoms with Gasteiger partial charge in [0.1, 0.15) is 5.03 Å². The predicted molar refractivity (Wildman–Crippen MR) is 67.1 cm³/mol. The highest BCUT2D eigenvalue weighted by Gasteiger charge is 2.04. The third kappa shape index (κ3) is 2.85. The first-order valence-corrected chi connectivity index (χ1v) is 5.85. The SMILES string of the molecule is Cc1cc(=O)[nH]c(Sc2ccc(N)c(C)n2)n1. The molecule has 17 heavy (non-hydrogen) atoms. The summed E-state index contributed by atoms with van der Waals surface area (Å²) >= 11 is 1.31. The maximum atomic E-state index is 11.3. The van der Waals surface area contributed by atoms with Crippen molar-refractivity contribution in [1.82, 2.24) is 15.0 Å². The molecule has 2 aromatic rings. The number of nitrogens with zero attached hydrogens (tertiary/aromatic N) is 2. The molecule has 0 bridgehead atoms. The number of nitrogens with two attached hydrogens (primary N) is 1. The van der Waals surface area contributed by atoms with Gasteiger partial charge in [-0.3, -0.25) is 4.79 Å². The minimum atomic E-state index is -0.160. The zero-order valence-corrected chi connectivity index (χ0v) is 10.3. The van der Waals surface area contributed by atoms with Crippen LogP contribution in [0.3, 0.4) is 0 Å². The molecule has 3 N–H and O–H groups in total. The number of anilines is 1. The van der Waals surface area contributed by atoms with E-state index in [-0.39, 0.29) is 5.56 Å². The molecule has 2 heterocycles. The predicted octanol–water partition coefficient (Wildman–Crippen LogP) is 1.52. The molecule has 0 unspecified atom stereocenters. The first kappa shape index (κ1) is 11.7. The van der Waals surface area contributed by atoms with E-state index in [2.05, 4.69) is 15.0 Å². The molecule has 0 saturated heterocycles. The second-order valence-corrected chi connectivity index (χ2v) is 4.63. The van der Waals surface area contributed by atoms with Crippen molar-refractivity contribution >= 4 is 17.4 Å². The van der Waals surface area contributed by atoms with Crippen LogP contribution in [-0.2, 0) is 0 Å². The van der Waals surface area contributed by atoms with Gasteiger partial charge in [0.05, 0.1) is 11.4 Å². The Kier molecular flexibility index (Phi) is 3.14. The topological polar surface area (TPSA) is 84.7 Å². The van der Waals surface area contributed by atoms with Crippen LogP contribution in [0.4, 0.5) is 5.69 Å². The van der Waals surface area contributed by atoms with Gasteiger partial charge in [-0.15, -0.1) is 0 Å². The number of hydrogen-bond donors (Lipinski definition) is 2. The highest BCUT2D eigenvalue weighted by molar-refractivity contribution is 7.99. The lowest BCUT2D eigenvalue weighted by atomic mass is 10.3. The van der Waals surface area contributed by atoms with E-state index in [9.17, 15) is 4.79 Å². The van der Waals surface area contributed by atoms with E-state index >= 15 is 0 Å². The average Bonchev–Trinajstić information content (AvgIpc) is 2.22. The summed E-state index contributed by atoms with van der Waals surface area (Å²) in [6, 6.07) is 5.04. The minimum absolute atomic E-state index is 0.160. The highest BCUT2D eigenvalue weighted by atomic mass is 32.2. The zero-order chi connectivity index (χ0) is 12.4. The maximum Gasteiger partial charge on any atom is 0.251 e. The fraction of sp³-hybridized carbons (Fsp3) is 0.182. The van der Waals surface area contributed by atoms with Crippen LogP contribution >= 0.6 is 11.8 Å². The molecule has 0 aliphatic heterocycles. The molecule has 0 aliphatic carbocycles. The van der Waals surface area contributed by atoms with E-state index in [1.54, 1.807) is 19.1 Å². The quantitative estimate of drug-likeness (QED) is 0.787. The van der Waals surface area contributed by atoms with Gasteiger partial charge in [-0.05, 0) is 37.7 Å². The molecule has 5 nitrogen and oxygen atoms in total. The lowest BCUT2D eigenvalue weighted by Crippen LogP contribution is -2.08. The molecule has 2 aromatic heterocycles. The minimum Gasteiger partial charge on any atom is -0.397 e. The summed E-state index contributed by atoms with van der Waals surface area (Å²) < 4.78 is 0. The Bertz CT molecular complexity index is 609. The van der Waals surface area contributed by atoms with E-state index in [1.165, 1.54) is 17.8 Å². The second kappa shape index (κ2) is 4.58. The van der Waals surface area contributed by atoms with Gasteiger partial charge in [0, 0.05) is 11.8 Å². The van der Waals surface area contributed by atoms with Crippen LogP contribution < -0.4 is 11.3 Å². The molecule has 0 fully saturated rings. The van der Waals surface area contributed by atoms with Crippen molar-refractivity contribution in [2.24, 2.45) is 0 Å². The third-order valence-corrected chi connectivity index (χ3v) is 2.97. The summed E-state index contributed by atoms with van der Waals surface area (Å²) in [5, 5.41) is 1.29. The fourth-order valence-electron chi connectivity index (χ4n) is 1.30. The molecular formula is C11H12N4OS. The van der Waals surface area contributed by atoms with Crippen LogP contribution in [0.15, 0.2) is 33.2 Å². The first-order valence-electron chi connectivity index (χ1n) is 5.03. The van der Waals surface area contributed by atoms with Crippen molar-refractivity contribution in [2.75, 3.05) is 5.73 Å². The molecule has 0 aliphatic rings. The van der Waals surface area contributed by atoms with Gasteiger partial charge in [0.25, 0.3) is 5.56 Å². The van der Waals surface area contributed by atoms with Gasteiger partial charge in [-0.1, -0.05) is 0 Å². The Morgan fingerprint density at radius 3 is 2.71 bits per heavy atom. The highest BCUT2D eigenvalue weighted by Crippen LogP contribution is 2.23. The number of aryl methyl sites for hydroxylation is 2. The van der Waals surface area contributed by atoms with Crippen molar-refractivity contribution in [3.63, 3.8) is 0 Å². The summed E-state index contributed by atoms with van der Waals surface area (Å²) in [6.07, 6.45) is 0. The van der Waals surface area contributed by atoms with E-state index in [0.717, 1.165) is 10.7 Å². The van der Waals surface area contributed by atoms with Gasteiger partial charge in [0.15, 0.2) is 5.16 Å². The molecule has 0 spiro atoms. The molecular weight excluding hydrogens is 236 g/mol. The number of aromatic amines is 1. The monoisotopic (exact) mass is 248 g/mol. The average molecular weight is 248 g/mol. The first-order chi connectivity index (χ1) is 8.04. The molecule has 0 amide bonds.